The van der Waals surface area contributed by atoms with Crippen molar-refractivity contribution >= 4 is 21.5 Å². The first-order valence-corrected chi connectivity index (χ1v) is 6.10. The highest BCUT2D eigenvalue weighted by Gasteiger charge is 2.27. The topological polar surface area (TPSA) is 64.0 Å². The maximum atomic E-state index is 11.7. The van der Waals surface area contributed by atoms with Crippen LogP contribution < -0.4 is 4.72 Å². The van der Waals surface area contributed by atoms with Crippen molar-refractivity contribution in [2.24, 2.45) is 0 Å². The SMILES string of the molecule is CC1=C(C)S(=O)(=O)Nc2c(C)c(C)nn21. The number of aromatic nitrogens is 2. The molecular weight excluding hydrogens is 214 g/mol. The first kappa shape index (κ1) is 10.2. The molecule has 0 fully saturated rings. The van der Waals surface area contributed by atoms with Gasteiger partial charge in [-0.05, 0) is 27.7 Å². The van der Waals surface area contributed by atoms with E-state index in [9.17, 15) is 8.42 Å². The van der Waals surface area contributed by atoms with Gasteiger partial charge in [0.2, 0.25) is 0 Å². The first-order valence-electron chi connectivity index (χ1n) is 4.61. The zero-order chi connectivity index (χ0) is 11.4. The minimum atomic E-state index is -3.36. The van der Waals surface area contributed by atoms with E-state index in [1.54, 1.807) is 18.5 Å². The molecule has 6 heteroatoms. The van der Waals surface area contributed by atoms with Gasteiger partial charge in [-0.3, -0.25) is 4.72 Å². The van der Waals surface area contributed by atoms with Gasteiger partial charge in [-0.25, -0.2) is 13.1 Å². The standard InChI is InChI=1S/C9H13N3O2S/c1-5-6(2)10-12-7(3)8(4)15(13,14)11-9(5)12/h11H,1-4H3. The Labute approximate surface area is 88.8 Å². The smallest absolute Gasteiger partial charge is 0.260 e. The van der Waals surface area contributed by atoms with E-state index in [1.807, 2.05) is 13.8 Å². The van der Waals surface area contributed by atoms with Gasteiger partial charge in [-0.2, -0.15) is 5.10 Å². The number of aryl methyl sites for hydroxylation is 1. The molecule has 0 amide bonds. The third-order valence-corrected chi connectivity index (χ3v) is 4.38. The number of nitrogens with zero attached hydrogens (tertiary/aromatic N) is 2. The van der Waals surface area contributed by atoms with Crippen LogP contribution in [0.2, 0.25) is 0 Å². The lowest BCUT2D eigenvalue weighted by Crippen LogP contribution is -2.23. The number of allylic oxidation sites excluding steroid dienone is 2. The summed E-state index contributed by atoms with van der Waals surface area (Å²) < 4.78 is 27.6. The molecule has 1 aromatic heterocycles. The van der Waals surface area contributed by atoms with Crippen LogP contribution in [-0.4, -0.2) is 18.2 Å². The second-order valence-corrected chi connectivity index (χ2v) is 5.54. The summed E-state index contributed by atoms with van der Waals surface area (Å²) in [5.41, 5.74) is 2.35. The average Bonchev–Trinajstić information content (AvgIpc) is 2.42. The lowest BCUT2D eigenvalue weighted by atomic mass is 10.3. The molecule has 0 bridgehead atoms. The van der Waals surface area contributed by atoms with Gasteiger partial charge in [0.25, 0.3) is 10.0 Å². The largest absolute Gasteiger partial charge is 0.263 e. The fraction of sp³-hybridized carbons (Fsp3) is 0.444. The molecule has 1 N–H and O–H groups in total. The van der Waals surface area contributed by atoms with E-state index in [0.717, 1.165) is 11.3 Å². The van der Waals surface area contributed by atoms with Gasteiger partial charge in [0.1, 0.15) is 5.82 Å². The van der Waals surface area contributed by atoms with Crippen LogP contribution in [0.25, 0.3) is 5.70 Å². The Balaban J connectivity index is 2.81. The second kappa shape index (κ2) is 2.85. The monoisotopic (exact) mass is 227 g/mol. The maximum Gasteiger partial charge on any atom is 0.260 e. The van der Waals surface area contributed by atoms with Gasteiger partial charge in [0, 0.05) is 5.56 Å². The molecule has 15 heavy (non-hydrogen) atoms. The number of hydrogen-bond acceptors (Lipinski definition) is 3. The Hall–Kier alpha value is -1.30. The molecule has 0 atom stereocenters. The maximum absolute atomic E-state index is 11.7. The van der Waals surface area contributed by atoms with Crippen molar-refractivity contribution < 1.29 is 8.42 Å². The van der Waals surface area contributed by atoms with E-state index in [1.165, 1.54) is 0 Å². The van der Waals surface area contributed by atoms with Crippen LogP contribution >= 0.6 is 0 Å². The van der Waals surface area contributed by atoms with Crippen molar-refractivity contribution in [2.45, 2.75) is 27.7 Å². The third-order valence-electron chi connectivity index (χ3n) is 2.82. The van der Waals surface area contributed by atoms with Crippen molar-refractivity contribution in [2.75, 3.05) is 4.72 Å². The molecule has 0 saturated heterocycles. The molecule has 0 spiro atoms. The van der Waals surface area contributed by atoms with E-state index in [4.69, 9.17) is 0 Å². The van der Waals surface area contributed by atoms with Crippen LogP contribution in [-0.2, 0) is 10.0 Å². The lowest BCUT2D eigenvalue weighted by Gasteiger charge is -2.19. The fourth-order valence-corrected chi connectivity index (χ4v) is 2.64. The Kier molecular flexibility index (Phi) is 1.94. The van der Waals surface area contributed by atoms with E-state index in [0.29, 0.717) is 16.4 Å². The normalized spacial score (nSPS) is 18.7. The van der Waals surface area contributed by atoms with E-state index < -0.39 is 10.0 Å². The quantitative estimate of drug-likeness (QED) is 0.729. The Morgan fingerprint density at radius 3 is 2.40 bits per heavy atom. The summed E-state index contributed by atoms with van der Waals surface area (Å²) in [6.07, 6.45) is 0. The number of rotatable bonds is 0. The zero-order valence-electron chi connectivity index (χ0n) is 9.12. The second-order valence-electron chi connectivity index (χ2n) is 3.72. The highest BCUT2D eigenvalue weighted by molar-refractivity contribution is 7.96. The highest BCUT2D eigenvalue weighted by Crippen LogP contribution is 2.31. The number of anilines is 1. The van der Waals surface area contributed by atoms with Gasteiger partial charge >= 0.3 is 0 Å². The predicted molar refractivity (Wildman–Crippen MR) is 58.8 cm³/mol. The molecule has 1 aliphatic rings. The summed E-state index contributed by atoms with van der Waals surface area (Å²) in [6.45, 7) is 7.04. The zero-order valence-corrected chi connectivity index (χ0v) is 9.94. The van der Waals surface area contributed by atoms with Crippen molar-refractivity contribution in [1.82, 2.24) is 9.78 Å². The van der Waals surface area contributed by atoms with Gasteiger partial charge in [0.05, 0.1) is 16.3 Å². The van der Waals surface area contributed by atoms with Crippen molar-refractivity contribution in [3.8, 4) is 0 Å². The molecule has 0 saturated carbocycles. The first-order chi connectivity index (χ1) is 6.84. The van der Waals surface area contributed by atoms with Crippen molar-refractivity contribution in [3.63, 3.8) is 0 Å². The lowest BCUT2D eigenvalue weighted by molar-refractivity contribution is 0.605. The molecule has 1 aliphatic heterocycles. The molecule has 2 heterocycles. The molecule has 1 aromatic rings. The van der Waals surface area contributed by atoms with Crippen LogP contribution in [0, 0.1) is 13.8 Å². The van der Waals surface area contributed by atoms with E-state index >= 15 is 0 Å². The Morgan fingerprint density at radius 2 is 1.80 bits per heavy atom. The molecule has 2 rings (SSSR count). The fourth-order valence-electron chi connectivity index (χ4n) is 1.52. The average molecular weight is 227 g/mol. The van der Waals surface area contributed by atoms with Crippen LogP contribution in [0.4, 0.5) is 5.82 Å². The van der Waals surface area contributed by atoms with Gasteiger partial charge in [-0.1, -0.05) is 0 Å². The molecule has 0 radical (unpaired) electrons. The third kappa shape index (κ3) is 1.28. The summed E-state index contributed by atoms with van der Waals surface area (Å²) >= 11 is 0. The summed E-state index contributed by atoms with van der Waals surface area (Å²) in [6, 6.07) is 0. The number of hydrogen-bond donors (Lipinski definition) is 1. The predicted octanol–water partition coefficient (Wildman–Crippen LogP) is 1.46. The Bertz CT molecular complexity index is 566. The van der Waals surface area contributed by atoms with Crippen molar-refractivity contribution in [1.29, 1.82) is 0 Å². The molecular formula is C9H13N3O2S. The number of sulfonamides is 1. The van der Waals surface area contributed by atoms with E-state index in [-0.39, 0.29) is 0 Å². The van der Waals surface area contributed by atoms with Gasteiger partial charge in [0.15, 0.2) is 0 Å². The van der Waals surface area contributed by atoms with Gasteiger partial charge < -0.3 is 0 Å². The number of fused-ring (bicyclic) bond motifs is 1. The molecule has 0 aromatic carbocycles. The molecule has 82 valence electrons. The minimum Gasteiger partial charge on any atom is -0.263 e. The van der Waals surface area contributed by atoms with Crippen molar-refractivity contribution in [3.05, 3.63) is 16.2 Å². The molecule has 0 unspecified atom stereocenters. The summed E-state index contributed by atoms with van der Waals surface area (Å²) in [5, 5.41) is 4.28. The molecule has 0 aliphatic carbocycles. The van der Waals surface area contributed by atoms with Crippen LogP contribution in [0.1, 0.15) is 25.1 Å². The Morgan fingerprint density at radius 1 is 1.20 bits per heavy atom. The highest BCUT2D eigenvalue weighted by atomic mass is 32.2. The summed E-state index contributed by atoms with van der Waals surface area (Å²) in [4.78, 5) is 0.317. The number of nitrogens with one attached hydrogen (secondary N) is 1. The summed E-state index contributed by atoms with van der Waals surface area (Å²) in [7, 11) is -3.36. The van der Waals surface area contributed by atoms with Crippen LogP contribution in [0.5, 0.6) is 0 Å². The van der Waals surface area contributed by atoms with Gasteiger partial charge in [-0.15, -0.1) is 0 Å². The minimum absolute atomic E-state index is 0.317. The molecule has 5 nitrogen and oxygen atoms in total. The summed E-state index contributed by atoms with van der Waals surface area (Å²) in [5.74, 6) is 0.551. The van der Waals surface area contributed by atoms with Crippen LogP contribution in [0.3, 0.4) is 0 Å². The van der Waals surface area contributed by atoms with Crippen LogP contribution in [0.15, 0.2) is 4.91 Å². The van der Waals surface area contributed by atoms with E-state index in [2.05, 4.69) is 9.82 Å².